The molecule has 0 radical (unpaired) electrons. The molecule has 0 N–H and O–H groups in total. The van der Waals surface area contributed by atoms with E-state index in [4.69, 9.17) is 4.74 Å². The third kappa shape index (κ3) is 24.4. The maximum Gasteiger partial charge on any atom is 0.305 e. The summed E-state index contributed by atoms with van der Waals surface area (Å²) in [5.74, 6) is 3.28. The lowest BCUT2D eigenvalue weighted by Crippen LogP contribution is -2.09. The van der Waals surface area contributed by atoms with Gasteiger partial charge in [-0.05, 0) is 36.5 Å². The van der Waals surface area contributed by atoms with Gasteiger partial charge in [0, 0.05) is 6.42 Å². The van der Waals surface area contributed by atoms with Gasteiger partial charge in [0.05, 0.1) is 6.61 Å². The van der Waals surface area contributed by atoms with E-state index < -0.39 is 0 Å². The molecule has 0 aromatic heterocycles. The van der Waals surface area contributed by atoms with Crippen LogP contribution < -0.4 is 0 Å². The highest BCUT2D eigenvalue weighted by Gasteiger charge is 2.09. The van der Waals surface area contributed by atoms with Crippen molar-refractivity contribution in [1.29, 1.82) is 0 Å². The minimum atomic E-state index is 0.0141. The average molecular weight is 467 g/mol. The van der Waals surface area contributed by atoms with E-state index in [1.54, 1.807) is 0 Å². The molecule has 2 nitrogen and oxygen atoms in total. The first-order valence-electron chi connectivity index (χ1n) is 15.0. The van der Waals surface area contributed by atoms with Crippen molar-refractivity contribution in [3.63, 3.8) is 0 Å². The van der Waals surface area contributed by atoms with Crippen molar-refractivity contribution in [3.05, 3.63) is 0 Å². The Hall–Kier alpha value is -0.530. The maximum atomic E-state index is 11.9. The van der Waals surface area contributed by atoms with E-state index in [1.807, 2.05) is 0 Å². The molecule has 0 heterocycles. The number of rotatable bonds is 24. The molecule has 33 heavy (non-hydrogen) atoms. The van der Waals surface area contributed by atoms with Crippen LogP contribution in [-0.4, -0.2) is 12.6 Å². The first kappa shape index (κ1) is 32.5. The molecule has 198 valence electrons. The van der Waals surface area contributed by atoms with Crippen molar-refractivity contribution in [3.8, 4) is 0 Å². The molecule has 0 aliphatic rings. The number of hydrogen-bond donors (Lipinski definition) is 0. The second-order valence-electron chi connectivity index (χ2n) is 11.7. The Kier molecular flexibility index (Phi) is 22.9. The van der Waals surface area contributed by atoms with E-state index in [0.717, 1.165) is 30.6 Å². The molecule has 0 aliphatic heterocycles. The average Bonchev–Trinajstić information content (AvgIpc) is 2.75. The number of carbonyl (C=O) groups is 1. The van der Waals surface area contributed by atoms with Crippen molar-refractivity contribution in [1.82, 2.24) is 0 Å². The number of hydrogen-bond acceptors (Lipinski definition) is 2. The zero-order chi connectivity index (χ0) is 24.7. The number of esters is 1. The molecular formula is C31H62O2. The number of ether oxygens (including phenoxy) is 1. The Morgan fingerprint density at radius 3 is 1.45 bits per heavy atom. The third-order valence-electron chi connectivity index (χ3n) is 7.37. The molecule has 0 fully saturated rings. The molecule has 0 bridgehead atoms. The Morgan fingerprint density at radius 1 is 0.545 bits per heavy atom. The molecule has 0 amide bonds. The van der Waals surface area contributed by atoms with Crippen molar-refractivity contribution in [2.24, 2.45) is 23.7 Å². The minimum absolute atomic E-state index is 0.0141. The minimum Gasteiger partial charge on any atom is -0.466 e. The lowest BCUT2D eigenvalue weighted by atomic mass is 9.91. The van der Waals surface area contributed by atoms with Gasteiger partial charge in [-0.3, -0.25) is 4.79 Å². The summed E-state index contributed by atoms with van der Waals surface area (Å²) < 4.78 is 5.48. The smallest absolute Gasteiger partial charge is 0.305 e. The molecule has 0 saturated carbocycles. The van der Waals surface area contributed by atoms with Gasteiger partial charge in [-0.25, -0.2) is 0 Å². The van der Waals surface area contributed by atoms with Crippen LogP contribution in [0, 0.1) is 23.7 Å². The summed E-state index contributed by atoms with van der Waals surface area (Å²) in [6.45, 7) is 14.7. The van der Waals surface area contributed by atoms with Gasteiger partial charge in [-0.2, -0.15) is 0 Å². The van der Waals surface area contributed by atoms with Gasteiger partial charge >= 0.3 is 5.97 Å². The largest absolute Gasteiger partial charge is 0.466 e. The highest BCUT2D eigenvalue weighted by Crippen LogP contribution is 2.22. The highest BCUT2D eigenvalue weighted by molar-refractivity contribution is 5.69. The predicted octanol–water partition coefficient (Wildman–Crippen LogP) is 10.5. The van der Waals surface area contributed by atoms with Gasteiger partial charge in [0.1, 0.15) is 0 Å². The Balaban J connectivity index is 3.53. The first-order valence-corrected chi connectivity index (χ1v) is 15.0. The van der Waals surface area contributed by atoms with E-state index in [-0.39, 0.29) is 5.97 Å². The van der Waals surface area contributed by atoms with Gasteiger partial charge in [-0.15, -0.1) is 0 Å². The van der Waals surface area contributed by atoms with Gasteiger partial charge in [-0.1, -0.05) is 144 Å². The van der Waals surface area contributed by atoms with Gasteiger partial charge < -0.3 is 4.74 Å². The topological polar surface area (TPSA) is 26.3 Å². The van der Waals surface area contributed by atoms with Crippen LogP contribution in [0.25, 0.3) is 0 Å². The summed E-state index contributed by atoms with van der Waals surface area (Å²) in [6, 6.07) is 0. The maximum absolute atomic E-state index is 11.9. The van der Waals surface area contributed by atoms with E-state index >= 15 is 0 Å². The molecule has 0 aromatic rings. The van der Waals surface area contributed by atoms with Crippen LogP contribution >= 0.6 is 0 Å². The highest BCUT2D eigenvalue weighted by atomic mass is 16.5. The van der Waals surface area contributed by atoms with Crippen molar-refractivity contribution in [2.75, 3.05) is 6.61 Å². The lowest BCUT2D eigenvalue weighted by Gasteiger charge is -2.16. The van der Waals surface area contributed by atoms with Gasteiger partial charge in [0.25, 0.3) is 0 Å². The number of carbonyl (C=O) groups excluding carboxylic acids is 1. The molecule has 2 heteroatoms. The second-order valence-corrected chi connectivity index (χ2v) is 11.7. The van der Waals surface area contributed by atoms with E-state index in [0.29, 0.717) is 18.9 Å². The molecule has 0 rings (SSSR count). The molecule has 0 aromatic carbocycles. The monoisotopic (exact) mass is 466 g/mol. The molecule has 3 unspecified atom stereocenters. The zero-order valence-electron chi connectivity index (χ0n) is 23.8. The quantitative estimate of drug-likeness (QED) is 0.104. The Morgan fingerprint density at radius 2 is 0.970 bits per heavy atom. The molecule has 0 aliphatic carbocycles. The van der Waals surface area contributed by atoms with Crippen LogP contribution in [-0.2, 0) is 9.53 Å². The summed E-state index contributed by atoms with van der Waals surface area (Å²) in [5.41, 5.74) is 0. The van der Waals surface area contributed by atoms with Crippen molar-refractivity contribution in [2.45, 2.75) is 164 Å². The second kappa shape index (κ2) is 23.2. The zero-order valence-corrected chi connectivity index (χ0v) is 23.8. The third-order valence-corrected chi connectivity index (χ3v) is 7.37. The van der Waals surface area contributed by atoms with Crippen LogP contribution in [0.1, 0.15) is 164 Å². The van der Waals surface area contributed by atoms with Crippen LogP contribution in [0.2, 0.25) is 0 Å². The standard InChI is InChI=1S/C31H62O2/c1-7-8-9-10-11-12-13-14-24-31(32)33-26-25-30(6)23-17-22-29(5)21-16-20-28(4)19-15-18-27(2)3/h27-30H,7-26H2,1-6H3. The summed E-state index contributed by atoms with van der Waals surface area (Å²) in [5, 5.41) is 0. The normalized spacial score (nSPS) is 14.4. The predicted molar refractivity (Wildman–Crippen MR) is 147 cm³/mol. The van der Waals surface area contributed by atoms with E-state index in [1.165, 1.54) is 103 Å². The van der Waals surface area contributed by atoms with Crippen molar-refractivity contribution >= 4 is 5.97 Å². The first-order chi connectivity index (χ1) is 15.8. The van der Waals surface area contributed by atoms with Crippen molar-refractivity contribution < 1.29 is 9.53 Å². The summed E-state index contributed by atoms with van der Waals surface area (Å²) in [6.07, 6.45) is 24.1. The molecule has 0 spiro atoms. The number of unbranched alkanes of at least 4 members (excludes halogenated alkanes) is 7. The Labute approximate surface area is 209 Å². The Bertz CT molecular complexity index is 417. The van der Waals surface area contributed by atoms with Gasteiger partial charge in [0.2, 0.25) is 0 Å². The molecular weight excluding hydrogens is 404 g/mol. The van der Waals surface area contributed by atoms with Crippen LogP contribution in [0.3, 0.4) is 0 Å². The van der Waals surface area contributed by atoms with Crippen LogP contribution in [0.4, 0.5) is 0 Å². The molecule has 0 saturated heterocycles. The SMILES string of the molecule is CCCCCCCCCCC(=O)OCCC(C)CCCC(C)CCCC(C)CCCC(C)C. The summed E-state index contributed by atoms with van der Waals surface area (Å²) >= 11 is 0. The molecule has 3 atom stereocenters. The fourth-order valence-electron chi connectivity index (χ4n) is 4.79. The fraction of sp³-hybridized carbons (Fsp3) is 0.968. The fourth-order valence-corrected chi connectivity index (χ4v) is 4.79. The summed E-state index contributed by atoms with van der Waals surface area (Å²) in [7, 11) is 0. The van der Waals surface area contributed by atoms with E-state index in [2.05, 4.69) is 41.5 Å². The lowest BCUT2D eigenvalue weighted by molar-refractivity contribution is -0.144. The van der Waals surface area contributed by atoms with E-state index in [9.17, 15) is 4.79 Å². The van der Waals surface area contributed by atoms with Gasteiger partial charge in [0.15, 0.2) is 0 Å². The van der Waals surface area contributed by atoms with Crippen LogP contribution in [0.5, 0.6) is 0 Å². The summed E-state index contributed by atoms with van der Waals surface area (Å²) in [4.78, 5) is 11.9. The van der Waals surface area contributed by atoms with Crippen LogP contribution in [0.15, 0.2) is 0 Å².